The van der Waals surface area contributed by atoms with Crippen molar-refractivity contribution >= 4 is 38.2 Å². The number of nitrogens with zero attached hydrogens (tertiary/aromatic N) is 2. The number of aryl methyl sites for hydroxylation is 1. The number of hydrogen-bond acceptors (Lipinski definition) is 3. The average molecular weight is 460 g/mol. The van der Waals surface area contributed by atoms with E-state index in [-0.39, 0.29) is 11.9 Å². The third-order valence-corrected chi connectivity index (χ3v) is 8.19. The van der Waals surface area contributed by atoms with Gasteiger partial charge in [0, 0.05) is 53.4 Å². The lowest BCUT2D eigenvalue weighted by atomic mass is 9.95. The van der Waals surface area contributed by atoms with Crippen LogP contribution in [0.25, 0.3) is 21.0 Å². The Hall–Kier alpha value is -2.63. The summed E-state index contributed by atoms with van der Waals surface area (Å²) in [5, 5.41) is 5.75. The van der Waals surface area contributed by atoms with Crippen LogP contribution in [0.3, 0.4) is 0 Å². The van der Waals surface area contributed by atoms with E-state index < -0.39 is 0 Å². The lowest BCUT2D eigenvalue weighted by molar-refractivity contribution is 0.0946. The van der Waals surface area contributed by atoms with E-state index in [9.17, 15) is 4.79 Å². The first-order chi connectivity index (χ1) is 16.0. The molecular formula is C28H33N3OS. The highest BCUT2D eigenvalue weighted by molar-refractivity contribution is 7.21. The lowest BCUT2D eigenvalue weighted by Gasteiger charge is -2.18. The normalized spacial score (nSPS) is 16.9. The quantitative estimate of drug-likeness (QED) is 0.379. The molecule has 1 atom stereocenters. The van der Waals surface area contributed by atoms with E-state index in [0.717, 1.165) is 37.4 Å². The van der Waals surface area contributed by atoms with Crippen LogP contribution < -0.4 is 5.32 Å². The minimum absolute atomic E-state index is 0.0713. The molecule has 0 radical (unpaired) electrons. The average Bonchev–Trinajstić information content (AvgIpc) is 3.48. The van der Waals surface area contributed by atoms with Gasteiger partial charge in [0.2, 0.25) is 0 Å². The smallest absolute Gasteiger partial charge is 0.261 e. The number of aromatic nitrogens is 1. The lowest BCUT2D eigenvalue weighted by Crippen LogP contribution is -2.30. The van der Waals surface area contributed by atoms with E-state index in [1.54, 1.807) is 11.3 Å². The molecule has 1 amide bonds. The van der Waals surface area contributed by atoms with E-state index >= 15 is 0 Å². The fourth-order valence-corrected chi connectivity index (χ4v) is 6.75. The molecule has 172 valence electrons. The fraction of sp³-hybridized carbons (Fsp3) is 0.393. The Morgan fingerprint density at radius 2 is 1.85 bits per heavy atom. The first-order valence-electron chi connectivity index (χ1n) is 12.1. The molecule has 33 heavy (non-hydrogen) atoms. The fourth-order valence-electron chi connectivity index (χ4n) is 5.55. The van der Waals surface area contributed by atoms with Crippen LogP contribution in [-0.4, -0.2) is 34.5 Å². The number of benzene rings is 2. The number of hydrogen-bond donors (Lipinski definition) is 1. The molecule has 0 bridgehead atoms. The molecule has 5 heteroatoms. The van der Waals surface area contributed by atoms with Crippen molar-refractivity contribution < 1.29 is 4.79 Å². The van der Waals surface area contributed by atoms with Gasteiger partial charge in [0.1, 0.15) is 0 Å². The summed E-state index contributed by atoms with van der Waals surface area (Å²) in [6, 6.07) is 17.4. The van der Waals surface area contributed by atoms with Crippen molar-refractivity contribution in [2.24, 2.45) is 7.05 Å². The Kier molecular flexibility index (Phi) is 6.02. The molecular weight excluding hydrogens is 426 g/mol. The number of thiophene rings is 1. The summed E-state index contributed by atoms with van der Waals surface area (Å²) in [7, 11) is 2.19. The molecule has 2 aromatic heterocycles. The molecule has 1 aliphatic heterocycles. The number of nitrogens with one attached hydrogen (secondary N) is 1. The predicted octanol–water partition coefficient (Wildman–Crippen LogP) is 6.08. The van der Waals surface area contributed by atoms with Crippen molar-refractivity contribution in [2.45, 2.75) is 52.1 Å². The SMILES string of the molecule is CCc1c(CN2CC[C@H](c3c(C(=O)NC(C)C)sc4ccccc34)C2)c2ccccc2n1C. The summed E-state index contributed by atoms with van der Waals surface area (Å²) in [6.45, 7) is 9.33. The summed E-state index contributed by atoms with van der Waals surface area (Å²) in [6.07, 6.45) is 2.13. The van der Waals surface area contributed by atoms with Gasteiger partial charge in [-0.25, -0.2) is 0 Å². The van der Waals surface area contributed by atoms with Crippen LogP contribution in [0, 0.1) is 0 Å². The van der Waals surface area contributed by atoms with Gasteiger partial charge in [0.05, 0.1) is 4.88 Å². The minimum atomic E-state index is 0.0713. The molecule has 0 saturated carbocycles. The van der Waals surface area contributed by atoms with Crippen LogP contribution in [0.15, 0.2) is 48.5 Å². The molecule has 0 aliphatic carbocycles. The Bertz CT molecular complexity index is 1320. The van der Waals surface area contributed by atoms with Gasteiger partial charge in [0.15, 0.2) is 0 Å². The molecule has 4 nitrogen and oxygen atoms in total. The molecule has 1 N–H and O–H groups in total. The highest BCUT2D eigenvalue weighted by Gasteiger charge is 2.31. The van der Waals surface area contributed by atoms with E-state index in [1.165, 1.54) is 37.8 Å². The molecule has 1 fully saturated rings. The van der Waals surface area contributed by atoms with E-state index in [0.29, 0.717) is 5.92 Å². The monoisotopic (exact) mass is 459 g/mol. The number of carbonyl (C=O) groups excluding carboxylic acids is 1. The Morgan fingerprint density at radius 3 is 2.61 bits per heavy atom. The number of fused-ring (bicyclic) bond motifs is 2. The third kappa shape index (κ3) is 3.98. The maximum Gasteiger partial charge on any atom is 0.261 e. The molecule has 0 unspecified atom stereocenters. The molecule has 3 heterocycles. The largest absolute Gasteiger partial charge is 0.349 e. The van der Waals surface area contributed by atoms with Crippen molar-refractivity contribution in [2.75, 3.05) is 13.1 Å². The van der Waals surface area contributed by atoms with Crippen LogP contribution >= 0.6 is 11.3 Å². The van der Waals surface area contributed by atoms with Gasteiger partial charge in [-0.1, -0.05) is 43.3 Å². The highest BCUT2D eigenvalue weighted by Crippen LogP contribution is 2.41. The maximum absolute atomic E-state index is 13.1. The maximum atomic E-state index is 13.1. The van der Waals surface area contributed by atoms with Gasteiger partial charge in [-0.3, -0.25) is 9.69 Å². The van der Waals surface area contributed by atoms with Crippen LogP contribution in [0.5, 0.6) is 0 Å². The molecule has 1 aliphatic rings. The van der Waals surface area contributed by atoms with Gasteiger partial charge >= 0.3 is 0 Å². The number of carbonyl (C=O) groups is 1. The number of rotatable bonds is 6. The summed E-state index contributed by atoms with van der Waals surface area (Å²) >= 11 is 1.64. The molecule has 4 aromatic rings. The standard InChI is InChI=1S/C28H33N3OS/c1-5-23-22(20-10-6-8-12-24(20)30(23)4)17-31-15-14-19(16-31)26-21-11-7-9-13-25(21)33-27(26)28(32)29-18(2)3/h6-13,18-19H,5,14-17H2,1-4H3,(H,29,32)/t19-/m0/s1. The van der Waals surface area contributed by atoms with E-state index in [4.69, 9.17) is 0 Å². The van der Waals surface area contributed by atoms with Crippen molar-refractivity contribution in [3.63, 3.8) is 0 Å². The topological polar surface area (TPSA) is 37.3 Å². The number of para-hydroxylation sites is 1. The minimum Gasteiger partial charge on any atom is -0.349 e. The van der Waals surface area contributed by atoms with Crippen molar-refractivity contribution in [3.05, 3.63) is 70.2 Å². The van der Waals surface area contributed by atoms with Gasteiger partial charge < -0.3 is 9.88 Å². The van der Waals surface area contributed by atoms with Crippen molar-refractivity contribution in [1.82, 2.24) is 14.8 Å². The van der Waals surface area contributed by atoms with Crippen LogP contribution in [0.1, 0.15) is 59.6 Å². The second-order valence-corrected chi connectivity index (χ2v) is 10.6. The van der Waals surface area contributed by atoms with Gasteiger partial charge in [0.25, 0.3) is 5.91 Å². The van der Waals surface area contributed by atoms with Gasteiger partial charge in [-0.15, -0.1) is 11.3 Å². The summed E-state index contributed by atoms with van der Waals surface area (Å²) in [5.41, 5.74) is 5.46. The highest BCUT2D eigenvalue weighted by atomic mass is 32.1. The van der Waals surface area contributed by atoms with Gasteiger partial charge in [-0.2, -0.15) is 0 Å². The Morgan fingerprint density at radius 1 is 1.12 bits per heavy atom. The molecule has 1 saturated heterocycles. The molecule has 2 aromatic carbocycles. The van der Waals surface area contributed by atoms with Crippen molar-refractivity contribution in [3.8, 4) is 0 Å². The second-order valence-electron chi connectivity index (χ2n) is 9.54. The Balaban J connectivity index is 1.46. The zero-order valence-corrected chi connectivity index (χ0v) is 20.8. The first-order valence-corrected chi connectivity index (χ1v) is 12.9. The summed E-state index contributed by atoms with van der Waals surface area (Å²) < 4.78 is 3.57. The predicted molar refractivity (Wildman–Crippen MR) is 139 cm³/mol. The molecule has 0 spiro atoms. The summed E-state index contributed by atoms with van der Waals surface area (Å²) in [4.78, 5) is 16.6. The van der Waals surface area contributed by atoms with Crippen molar-refractivity contribution in [1.29, 1.82) is 0 Å². The second kappa shape index (κ2) is 8.96. The zero-order chi connectivity index (χ0) is 23.1. The van der Waals surface area contributed by atoms with Gasteiger partial charge in [-0.05, 0) is 61.9 Å². The third-order valence-electron chi connectivity index (χ3n) is 7.00. The van der Waals surface area contributed by atoms with Crippen LogP contribution in [-0.2, 0) is 20.0 Å². The molecule has 5 rings (SSSR count). The summed E-state index contributed by atoms with van der Waals surface area (Å²) in [5.74, 6) is 0.455. The van der Waals surface area contributed by atoms with E-state index in [2.05, 4.69) is 77.3 Å². The van der Waals surface area contributed by atoms with Crippen LogP contribution in [0.4, 0.5) is 0 Å². The first kappa shape index (κ1) is 22.2. The van der Waals surface area contributed by atoms with Crippen LogP contribution in [0.2, 0.25) is 0 Å². The zero-order valence-electron chi connectivity index (χ0n) is 20.0. The number of amides is 1. The van der Waals surface area contributed by atoms with E-state index in [1.807, 2.05) is 13.8 Å². The Labute approximate surface area is 200 Å². The number of likely N-dealkylation sites (tertiary alicyclic amines) is 1.